The summed E-state index contributed by atoms with van der Waals surface area (Å²) in [6.45, 7) is 1.57. The Morgan fingerprint density at radius 1 is 1.03 bits per heavy atom. The summed E-state index contributed by atoms with van der Waals surface area (Å²) in [5, 5.41) is 3.19. The highest BCUT2D eigenvalue weighted by Gasteiger charge is 2.50. The van der Waals surface area contributed by atoms with E-state index in [1.165, 1.54) is 29.2 Å². The largest absolute Gasteiger partial charge is 0.452 e. The van der Waals surface area contributed by atoms with Crippen LogP contribution in [0.2, 0.25) is 10.0 Å². The van der Waals surface area contributed by atoms with Gasteiger partial charge in [-0.05, 0) is 61.6 Å². The van der Waals surface area contributed by atoms with Crippen LogP contribution in [0.4, 0.5) is 11.4 Å². The fourth-order valence-electron chi connectivity index (χ4n) is 4.40. The fraction of sp³-hybridized carbons (Fsp3) is 0.333. The molecule has 2 fully saturated rings. The Kier molecular flexibility index (Phi) is 6.72. The minimum Gasteiger partial charge on any atom is -0.452 e. The monoisotopic (exact) mass is 488 g/mol. The van der Waals surface area contributed by atoms with Crippen LogP contribution in [0, 0.1) is 17.8 Å². The average molecular weight is 489 g/mol. The van der Waals surface area contributed by atoms with Gasteiger partial charge in [0, 0.05) is 5.69 Å². The van der Waals surface area contributed by atoms with Crippen molar-refractivity contribution in [2.75, 3.05) is 16.8 Å². The normalized spacial score (nSPS) is 22.2. The third-order valence-electron chi connectivity index (χ3n) is 6.07. The van der Waals surface area contributed by atoms with Gasteiger partial charge < -0.3 is 10.1 Å². The smallest absolute Gasteiger partial charge is 0.338 e. The minimum absolute atomic E-state index is 0.138. The van der Waals surface area contributed by atoms with E-state index in [9.17, 15) is 19.2 Å². The second-order valence-corrected chi connectivity index (χ2v) is 9.26. The number of ether oxygens (including phenoxy) is 1. The summed E-state index contributed by atoms with van der Waals surface area (Å²) >= 11 is 11.8. The van der Waals surface area contributed by atoms with Gasteiger partial charge in [-0.2, -0.15) is 0 Å². The number of nitrogens with zero attached hydrogens (tertiary/aromatic N) is 1. The van der Waals surface area contributed by atoms with Crippen LogP contribution >= 0.6 is 23.2 Å². The lowest BCUT2D eigenvalue weighted by atomic mass is 9.76. The third kappa shape index (κ3) is 4.89. The Balaban J connectivity index is 1.40. The number of esters is 1. The van der Waals surface area contributed by atoms with Crippen molar-refractivity contribution in [1.29, 1.82) is 0 Å². The van der Waals surface area contributed by atoms with Crippen molar-refractivity contribution in [3.05, 3.63) is 58.1 Å². The molecule has 9 heteroatoms. The van der Waals surface area contributed by atoms with Gasteiger partial charge in [0.15, 0.2) is 6.61 Å². The highest BCUT2D eigenvalue weighted by atomic mass is 35.5. The fourth-order valence-corrected chi connectivity index (χ4v) is 4.70. The van der Waals surface area contributed by atoms with Crippen molar-refractivity contribution in [3.8, 4) is 0 Å². The summed E-state index contributed by atoms with van der Waals surface area (Å²) < 4.78 is 5.10. The summed E-state index contributed by atoms with van der Waals surface area (Å²) in [7, 11) is 0. The number of imide groups is 1. The van der Waals surface area contributed by atoms with E-state index in [0.717, 1.165) is 6.42 Å². The van der Waals surface area contributed by atoms with E-state index in [2.05, 4.69) is 12.2 Å². The first kappa shape index (κ1) is 23.3. The van der Waals surface area contributed by atoms with Crippen molar-refractivity contribution in [1.82, 2.24) is 0 Å². The van der Waals surface area contributed by atoms with Crippen LogP contribution in [0.15, 0.2) is 42.5 Å². The van der Waals surface area contributed by atoms with Gasteiger partial charge in [0.05, 0.1) is 33.1 Å². The predicted molar refractivity (Wildman–Crippen MR) is 124 cm³/mol. The standard InChI is InChI=1S/C24H22Cl2N2O5/c1-13-5-7-17-18(9-13)23(31)28(22(17)30)16-4-2-3-14(10-16)24(32)33-12-21(29)27-15-6-8-19(25)20(26)11-15/h2-4,6,8,10-11,13,17-18H,5,7,9,12H2,1H3,(H,27,29)/t13-,17+,18-/m1/s1. The van der Waals surface area contributed by atoms with Gasteiger partial charge in [0.2, 0.25) is 11.8 Å². The first-order chi connectivity index (χ1) is 15.7. The summed E-state index contributed by atoms with van der Waals surface area (Å²) in [6.07, 6.45) is 2.31. The van der Waals surface area contributed by atoms with Crippen LogP contribution < -0.4 is 10.2 Å². The summed E-state index contributed by atoms with van der Waals surface area (Å²) in [6, 6.07) is 10.7. The molecule has 4 rings (SSSR count). The molecular weight excluding hydrogens is 467 g/mol. The third-order valence-corrected chi connectivity index (χ3v) is 6.80. The van der Waals surface area contributed by atoms with Crippen LogP contribution in [-0.2, 0) is 19.1 Å². The van der Waals surface area contributed by atoms with Crippen LogP contribution in [0.1, 0.15) is 36.5 Å². The molecule has 33 heavy (non-hydrogen) atoms. The van der Waals surface area contributed by atoms with Crippen LogP contribution in [-0.4, -0.2) is 30.3 Å². The number of hydrogen-bond donors (Lipinski definition) is 1. The highest BCUT2D eigenvalue weighted by Crippen LogP contribution is 2.42. The molecule has 2 aliphatic rings. The molecule has 2 aromatic carbocycles. The topological polar surface area (TPSA) is 92.8 Å². The predicted octanol–water partition coefficient (Wildman–Crippen LogP) is 4.71. The maximum Gasteiger partial charge on any atom is 0.338 e. The van der Waals surface area contributed by atoms with Gasteiger partial charge in [-0.1, -0.05) is 36.2 Å². The number of carbonyl (C=O) groups excluding carboxylic acids is 4. The molecule has 1 aliphatic carbocycles. The lowest BCUT2D eigenvalue weighted by Gasteiger charge is -2.25. The number of anilines is 2. The van der Waals surface area contributed by atoms with E-state index in [1.54, 1.807) is 18.2 Å². The summed E-state index contributed by atoms with van der Waals surface area (Å²) in [4.78, 5) is 51.6. The number of benzene rings is 2. The van der Waals surface area contributed by atoms with Crippen molar-refractivity contribution in [3.63, 3.8) is 0 Å². The average Bonchev–Trinajstić information content (AvgIpc) is 3.04. The van der Waals surface area contributed by atoms with E-state index < -0.39 is 18.5 Å². The van der Waals surface area contributed by atoms with Crippen molar-refractivity contribution < 1.29 is 23.9 Å². The molecule has 1 saturated heterocycles. The molecule has 3 atom stereocenters. The number of halogens is 2. The van der Waals surface area contributed by atoms with Gasteiger partial charge >= 0.3 is 5.97 Å². The van der Waals surface area contributed by atoms with Gasteiger partial charge in [-0.3, -0.25) is 19.3 Å². The van der Waals surface area contributed by atoms with E-state index >= 15 is 0 Å². The van der Waals surface area contributed by atoms with Crippen LogP contribution in [0.5, 0.6) is 0 Å². The Hall–Kier alpha value is -2.90. The lowest BCUT2D eigenvalue weighted by Crippen LogP contribution is -2.31. The minimum atomic E-state index is -0.744. The van der Waals surface area contributed by atoms with Crippen molar-refractivity contribution in [2.24, 2.45) is 17.8 Å². The first-order valence-corrected chi connectivity index (χ1v) is 11.4. The maximum absolute atomic E-state index is 12.9. The molecule has 1 saturated carbocycles. The summed E-state index contributed by atoms with van der Waals surface area (Å²) in [5.41, 5.74) is 0.884. The molecular formula is C24H22Cl2N2O5. The van der Waals surface area contributed by atoms with E-state index in [4.69, 9.17) is 27.9 Å². The molecule has 1 aliphatic heterocycles. The Morgan fingerprint density at radius 2 is 1.79 bits per heavy atom. The molecule has 0 aromatic heterocycles. The molecule has 3 amide bonds. The van der Waals surface area contributed by atoms with E-state index in [1.807, 2.05) is 0 Å². The quantitative estimate of drug-likeness (QED) is 0.485. The second-order valence-electron chi connectivity index (χ2n) is 8.45. The van der Waals surface area contributed by atoms with E-state index in [-0.39, 0.29) is 34.2 Å². The highest BCUT2D eigenvalue weighted by molar-refractivity contribution is 6.42. The number of hydrogen-bond acceptors (Lipinski definition) is 5. The Morgan fingerprint density at radius 3 is 2.55 bits per heavy atom. The number of carbonyl (C=O) groups is 4. The SMILES string of the molecule is C[C@@H]1CC[C@@H]2C(=O)N(c3cccc(C(=O)OCC(=O)Nc4ccc(Cl)c(Cl)c4)c3)C(=O)[C@@H]2C1. The van der Waals surface area contributed by atoms with Crippen LogP contribution in [0.25, 0.3) is 0 Å². The molecule has 0 bridgehead atoms. The molecule has 0 unspecified atom stereocenters. The first-order valence-electron chi connectivity index (χ1n) is 10.6. The zero-order chi connectivity index (χ0) is 23.7. The van der Waals surface area contributed by atoms with Gasteiger partial charge in [-0.25, -0.2) is 4.79 Å². The van der Waals surface area contributed by atoms with Gasteiger partial charge in [0.1, 0.15) is 0 Å². The zero-order valence-electron chi connectivity index (χ0n) is 17.8. The molecule has 2 aromatic rings. The number of rotatable bonds is 5. The number of nitrogens with one attached hydrogen (secondary N) is 1. The van der Waals surface area contributed by atoms with Gasteiger partial charge in [0.25, 0.3) is 5.91 Å². The maximum atomic E-state index is 12.9. The van der Waals surface area contributed by atoms with E-state index in [0.29, 0.717) is 35.2 Å². The van der Waals surface area contributed by atoms with Crippen molar-refractivity contribution >= 4 is 58.3 Å². The Bertz CT molecular complexity index is 1140. The number of fused-ring (bicyclic) bond motifs is 1. The molecule has 172 valence electrons. The summed E-state index contributed by atoms with van der Waals surface area (Å²) in [5.74, 6) is -1.94. The Labute approximate surface area is 201 Å². The number of amides is 3. The van der Waals surface area contributed by atoms with Crippen molar-refractivity contribution in [2.45, 2.75) is 26.2 Å². The second kappa shape index (κ2) is 9.53. The molecule has 0 spiro atoms. The van der Waals surface area contributed by atoms with Crippen LogP contribution in [0.3, 0.4) is 0 Å². The molecule has 0 radical (unpaired) electrons. The van der Waals surface area contributed by atoms with Gasteiger partial charge in [-0.15, -0.1) is 0 Å². The lowest BCUT2D eigenvalue weighted by molar-refractivity contribution is -0.122. The molecule has 7 nitrogen and oxygen atoms in total. The molecule has 1 N–H and O–H groups in total. The zero-order valence-corrected chi connectivity index (χ0v) is 19.4. The molecule has 1 heterocycles.